The van der Waals surface area contributed by atoms with Gasteiger partial charge in [0.2, 0.25) is 11.8 Å². The van der Waals surface area contributed by atoms with Crippen LogP contribution >= 0.6 is 0 Å². The van der Waals surface area contributed by atoms with Crippen molar-refractivity contribution in [2.45, 2.75) is 26.1 Å². The van der Waals surface area contributed by atoms with E-state index in [1.54, 1.807) is 48.5 Å². The molecule has 4 aromatic rings. The van der Waals surface area contributed by atoms with Crippen LogP contribution in [0.2, 0.25) is 0 Å². The van der Waals surface area contributed by atoms with Crippen molar-refractivity contribution >= 4 is 34.4 Å². The van der Waals surface area contributed by atoms with E-state index < -0.39 is 29.7 Å². The number of para-hydroxylation sites is 2. The molecule has 0 aliphatic heterocycles. The average molecular weight is 504 g/mol. The summed E-state index contributed by atoms with van der Waals surface area (Å²) < 4.78 is 12.0. The molecule has 11 nitrogen and oxygen atoms in total. The van der Waals surface area contributed by atoms with Crippen LogP contribution in [0, 0.1) is 0 Å². The Kier molecular flexibility index (Phi) is 7.62. The number of rotatable bonds is 9. The lowest BCUT2D eigenvalue weighted by atomic mass is 10.2. The van der Waals surface area contributed by atoms with Crippen molar-refractivity contribution in [3.8, 4) is 0 Å². The summed E-state index contributed by atoms with van der Waals surface area (Å²) in [4.78, 5) is 63.6. The quantitative estimate of drug-likeness (QED) is 0.332. The maximum absolute atomic E-state index is 13.3. The zero-order valence-corrected chi connectivity index (χ0v) is 19.9. The van der Waals surface area contributed by atoms with E-state index in [-0.39, 0.29) is 47.6 Å². The van der Waals surface area contributed by atoms with E-state index in [0.717, 1.165) is 9.13 Å². The van der Waals surface area contributed by atoms with Gasteiger partial charge in [0.15, 0.2) is 0 Å². The molecule has 0 saturated carbocycles. The molecule has 0 atom stereocenters. The Balaban J connectivity index is 1.58. The first-order valence-corrected chi connectivity index (χ1v) is 11.4. The Hall–Kier alpha value is -4.93. The number of aromatic nitrogens is 2. The molecule has 0 unspecified atom stereocenters. The fourth-order valence-corrected chi connectivity index (χ4v) is 3.83. The number of carbonyl (C=O) groups excluding carboxylic acids is 3. The van der Waals surface area contributed by atoms with Gasteiger partial charge in [0.25, 0.3) is 5.56 Å². The van der Waals surface area contributed by atoms with Crippen molar-refractivity contribution in [3.05, 3.63) is 99.1 Å². The Morgan fingerprint density at radius 2 is 1.68 bits per heavy atom. The number of carbonyl (C=O) groups is 3. The second-order valence-corrected chi connectivity index (χ2v) is 8.03. The molecule has 2 N–H and O–H groups in total. The predicted molar refractivity (Wildman–Crippen MR) is 134 cm³/mol. The van der Waals surface area contributed by atoms with Crippen LogP contribution < -0.4 is 21.9 Å². The SMILES string of the molecule is COC(=O)c1ccccc1NC(=O)Cn1c(=O)n(CCC(=O)NCc2ccco2)c(=O)c2ccccc21. The van der Waals surface area contributed by atoms with Crippen molar-refractivity contribution in [1.82, 2.24) is 14.5 Å². The number of hydrogen-bond donors (Lipinski definition) is 2. The zero-order valence-electron chi connectivity index (χ0n) is 19.9. The first-order valence-electron chi connectivity index (χ1n) is 11.4. The summed E-state index contributed by atoms with van der Waals surface area (Å²) in [6.45, 7) is -0.436. The van der Waals surface area contributed by atoms with Crippen molar-refractivity contribution in [1.29, 1.82) is 0 Å². The first kappa shape index (κ1) is 25.2. The van der Waals surface area contributed by atoms with E-state index in [9.17, 15) is 24.0 Å². The minimum Gasteiger partial charge on any atom is -0.467 e. The molecule has 0 fully saturated rings. The molecule has 0 aliphatic rings. The number of hydrogen-bond acceptors (Lipinski definition) is 7. The third-order valence-electron chi connectivity index (χ3n) is 5.64. The summed E-state index contributed by atoms with van der Waals surface area (Å²) in [5.74, 6) is -1.03. The Bertz CT molecular complexity index is 1570. The molecule has 0 aliphatic carbocycles. The Morgan fingerprint density at radius 3 is 2.43 bits per heavy atom. The van der Waals surface area contributed by atoms with Crippen LogP contribution in [0.3, 0.4) is 0 Å². The molecule has 11 heteroatoms. The van der Waals surface area contributed by atoms with Gasteiger partial charge in [-0.25, -0.2) is 9.59 Å². The topological polar surface area (TPSA) is 142 Å². The highest BCUT2D eigenvalue weighted by molar-refractivity contribution is 6.01. The number of ether oxygens (including phenoxy) is 1. The fourth-order valence-electron chi connectivity index (χ4n) is 3.83. The lowest BCUT2D eigenvalue weighted by Gasteiger charge is -2.15. The lowest BCUT2D eigenvalue weighted by Crippen LogP contribution is -2.42. The fraction of sp³-hybridized carbons (Fsp3) is 0.192. The highest BCUT2D eigenvalue weighted by Crippen LogP contribution is 2.16. The smallest absolute Gasteiger partial charge is 0.339 e. The van der Waals surface area contributed by atoms with Gasteiger partial charge in [0.1, 0.15) is 12.3 Å². The average Bonchev–Trinajstić information content (AvgIpc) is 3.43. The number of amides is 2. The normalized spacial score (nSPS) is 10.7. The Morgan fingerprint density at radius 1 is 0.919 bits per heavy atom. The molecule has 2 heterocycles. The summed E-state index contributed by atoms with van der Waals surface area (Å²) in [5.41, 5.74) is -0.655. The van der Waals surface area contributed by atoms with E-state index in [1.165, 1.54) is 25.5 Å². The van der Waals surface area contributed by atoms with E-state index in [1.807, 2.05) is 0 Å². The van der Waals surface area contributed by atoms with Crippen LogP contribution in [0.4, 0.5) is 5.69 Å². The van der Waals surface area contributed by atoms with Gasteiger partial charge in [-0.05, 0) is 36.4 Å². The predicted octanol–water partition coefficient (Wildman–Crippen LogP) is 1.89. The number of fused-ring (bicyclic) bond motifs is 1. The van der Waals surface area contributed by atoms with Gasteiger partial charge in [-0.15, -0.1) is 0 Å². The van der Waals surface area contributed by atoms with Crippen molar-refractivity contribution < 1.29 is 23.5 Å². The number of anilines is 1. The molecular formula is C26H24N4O7. The van der Waals surface area contributed by atoms with Gasteiger partial charge in [0.05, 0.1) is 42.1 Å². The van der Waals surface area contributed by atoms with Gasteiger partial charge < -0.3 is 19.8 Å². The van der Waals surface area contributed by atoms with Gasteiger partial charge in [-0.3, -0.25) is 23.5 Å². The molecular weight excluding hydrogens is 480 g/mol. The third kappa shape index (κ3) is 5.67. The molecule has 0 radical (unpaired) electrons. The highest BCUT2D eigenvalue weighted by Gasteiger charge is 2.18. The van der Waals surface area contributed by atoms with E-state index in [0.29, 0.717) is 5.76 Å². The van der Waals surface area contributed by atoms with E-state index in [4.69, 9.17) is 9.15 Å². The summed E-state index contributed by atoms with van der Waals surface area (Å²) in [6, 6.07) is 16.1. The lowest BCUT2D eigenvalue weighted by molar-refractivity contribution is -0.121. The number of benzene rings is 2. The molecule has 190 valence electrons. The van der Waals surface area contributed by atoms with Crippen LogP contribution in [0.5, 0.6) is 0 Å². The molecule has 2 aromatic carbocycles. The summed E-state index contributed by atoms with van der Waals surface area (Å²) in [7, 11) is 1.23. The third-order valence-corrected chi connectivity index (χ3v) is 5.64. The number of furan rings is 1. The van der Waals surface area contributed by atoms with Crippen LogP contribution in [0.1, 0.15) is 22.5 Å². The molecule has 2 aromatic heterocycles. The summed E-state index contributed by atoms with van der Waals surface area (Å²) >= 11 is 0. The van der Waals surface area contributed by atoms with Crippen LogP contribution in [0.15, 0.2) is 80.9 Å². The van der Waals surface area contributed by atoms with Gasteiger partial charge >= 0.3 is 11.7 Å². The van der Waals surface area contributed by atoms with Gasteiger partial charge in [-0.2, -0.15) is 0 Å². The molecule has 2 amide bonds. The van der Waals surface area contributed by atoms with Crippen molar-refractivity contribution in [3.63, 3.8) is 0 Å². The standard InChI is InChI=1S/C26H24N4O7/c1-36-25(34)18-8-2-4-10-20(18)28-23(32)16-30-21-11-5-3-9-19(21)24(33)29(26(30)35)13-12-22(31)27-15-17-7-6-14-37-17/h2-11,14H,12-13,15-16H2,1H3,(H,27,31)(H,28,32). The van der Waals surface area contributed by atoms with E-state index >= 15 is 0 Å². The Labute approximate surface area is 210 Å². The second-order valence-electron chi connectivity index (χ2n) is 8.03. The van der Waals surface area contributed by atoms with Gasteiger partial charge in [-0.1, -0.05) is 24.3 Å². The number of esters is 1. The van der Waals surface area contributed by atoms with Crippen molar-refractivity contribution in [2.24, 2.45) is 0 Å². The first-order chi connectivity index (χ1) is 17.9. The molecule has 4 rings (SSSR count). The molecule has 37 heavy (non-hydrogen) atoms. The number of methoxy groups -OCH3 is 1. The van der Waals surface area contributed by atoms with E-state index in [2.05, 4.69) is 10.6 Å². The van der Waals surface area contributed by atoms with Crippen molar-refractivity contribution in [2.75, 3.05) is 12.4 Å². The minimum atomic E-state index is -0.737. The van der Waals surface area contributed by atoms with Gasteiger partial charge in [0, 0.05) is 13.0 Å². The van der Waals surface area contributed by atoms with Crippen LogP contribution in [-0.2, 0) is 34.0 Å². The number of nitrogens with one attached hydrogen (secondary N) is 2. The second kappa shape index (κ2) is 11.2. The van der Waals surface area contributed by atoms with Crippen LogP contribution in [0.25, 0.3) is 10.9 Å². The number of nitrogens with zero attached hydrogens (tertiary/aromatic N) is 2. The minimum absolute atomic E-state index is 0.132. The zero-order chi connectivity index (χ0) is 26.4. The maximum atomic E-state index is 13.3. The largest absolute Gasteiger partial charge is 0.467 e. The highest BCUT2D eigenvalue weighted by atomic mass is 16.5. The van der Waals surface area contributed by atoms with Crippen LogP contribution in [-0.4, -0.2) is 34.0 Å². The monoisotopic (exact) mass is 504 g/mol. The molecule has 0 spiro atoms. The summed E-state index contributed by atoms with van der Waals surface area (Å²) in [5, 5.41) is 5.51. The molecule has 0 saturated heterocycles. The molecule has 0 bridgehead atoms. The maximum Gasteiger partial charge on any atom is 0.339 e. The summed E-state index contributed by atoms with van der Waals surface area (Å²) in [6.07, 6.45) is 1.36.